The maximum absolute atomic E-state index is 13.5. The predicted octanol–water partition coefficient (Wildman–Crippen LogP) is 5.03. The van der Waals surface area contributed by atoms with Gasteiger partial charge < -0.3 is 14.7 Å². The highest BCUT2D eigenvalue weighted by molar-refractivity contribution is 6.13. The van der Waals surface area contributed by atoms with E-state index in [0.717, 1.165) is 22.1 Å². The zero-order valence-electron chi connectivity index (χ0n) is 18.9. The van der Waals surface area contributed by atoms with Crippen LogP contribution in [0.5, 0.6) is 5.75 Å². The second-order valence-electron chi connectivity index (χ2n) is 8.57. The SMILES string of the molecule is Cc1ccccc1OCCN1C(=O)C(O)(CC(=O)c2cccc3ccccc23)c2ccccc21. The molecule has 0 aliphatic carbocycles. The van der Waals surface area contributed by atoms with E-state index < -0.39 is 11.5 Å². The average Bonchev–Trinajstić information content (AvgIpc) is 3.06. The van der Waals surface area contributed by atoms with E-state index in [-0.39, 0.29) is 25.4 Å². The topological polar surface area (TPSA) is 66.8 Å². The van der Waals surface area contributed by atoms with Gasteiger partial charge in [0.1, 0.15) is 12.4 Å². The van der Waals surface area contributed by atoms with Crippen molar-refractivity contribution in [3.05, 3.63) is 108 Å². The number of aryl methyl sites for hydroxylation is 1. The summed E-state index contributed by atoms with van der Waals surface area (Å²) in [7, 11) is 0. The van der Waals surface area contributed by atoms with E-state index in [0.29, 0.717) is 16.8 Å². The molecular weight excluding hydrogens is 426 g/mol. The molecule has 1 heterocycles. The van der Waals surface area contributed by atoms with E-state index in [4.69, 9.17) is 4.74 Å². The second-order valence-corrected chi connectivity index (χ2v) is 8.57. The molecule has 0 spiro atoms. The van der Waals surface area contributed by atoms with Gasteiger partial charge in [-0.1, -0.05) is 78.9 Å². The Morgan fingerprint density at radius 3 is 2.47 bits per heavy atom. The Bertz CT molecular complexity index is 1390. The number of para-hydroxylation sites is 2. The third kappa shape index (κ3) is 3.74. The first kappa shape index (κ1) is 21.9. The van der Waals surface area contributed by atoms with Crippen molar-refractivity contribution in [3.8, 4) is 5.75 Å². The van der Waals surface area contributed by atoms with E-state index in [1.54, 1.807) is 24.3 Å². The largest absolute Gasteiger partial charge is 0.491 e. The Kier molecular flexibility index (Phi) is 5.64. The molecule has 4 aromatic carbocycles. The van der Waals surface area contributed by atoms with Crippen molar-refractivity contribution in [1.82, 2.24) is 0 Å². The molecular formula is C29H25NO4. The van der Waals surface area contributed by atoms with Crippen LogP contribution in [0.15, 0.2) is 91.0 Å². The van der Waals surface area contributed by atoms with Gasteiger partial charge in [-0.25, -0.2) is 0 Å². The number of nitrogens with zero attached hydrogens (tertiary/aromatic N) is 1. The highest BCUT2D eigenvalue weighted by atomic mass is 16.5. The number of carbonyl (C=O) groups is 2. The summed E-state index contributed by atoms with van der Waals surface area (Å²) >= 11 is 0. The molecule has 1 aliphatic rings. The summed E-state index contributed by atoms with van der Waals surface area (Å²) in [6, 6.07) is 27.9. The molecule has 0 fully saturated rings. The second kappa shape index (κ2) is 8.76. The van der Waals surface area contributed by atoms with Gasteiger partial charge in [0, 0.05) is 11.1 Å². The fourth-order valence-electron chi connectivity index (χ4n) is 4.66. The molecule has 5 heteroatoms. The van der Waals surface area contributed by atoms with E-state index >= 15 is 0 Å². The van der Waals surface area contributed by atoms with Crippen LogP contribution < -0.4 is 9.64 Å². The van der Waals surface area contributed by atoms with Crippen LogP contribution >= 0.6 is 0 Å². The monoisotopic (exact) mass is 451 g/mol. The lowest BCUT2D eigenvalue weighted by atomic mass is 9.87. The summed E-state index contributed by atoms with van der Waals surface area (Å²) in [6.45, 7) is 2.48. The number of fused-ring (bicyclic) bond motifs is 2. The summed E-state index contributed by atoms with van der Waals surface area (Å²) in [5.74, 6) is -0.0278. The fourth-order valence-corrected chi connectivity index (χ4v) is 4.66. The first-order valence-electron chi connectivity index (χ1n) is 11.3. The van der Waals surface area contributed by atoms with E-state index in [1.165, 1.54) is 4.90 Å². The van der Waals surface area contributed by atoms with Crippen LogP contribution in [0, 0.1) is 6.92 Å². The molecule has 0 saturated carbocycles. The quantitative estimate of drug-likeness (QED) is 0.400. The molecule has 0 bridgehead atoms. The molecule has 1 atom stereocenters. The Balaban J connectivity index is 1.40. The minimum absolute atomic E-state index is 0.259. The molecule has 1 aliphatic heterocycles. The van der Waals surface area contributed by atoms with E-state index in [9.17, 15) is 14.7 Å². The highest BCUT2D eigenvalue weighted by Crippen LogP contribution is 2.43. The molecule has 170 valence electrons. The van der Waals surface area contributed by atoms with Crippen LogP contribution in [0.2, 0.25) is 0 Å². The minimum atomic E-state index is -1.92. The lowest BCUT2D eigenvalue weighted by molar-refractivity contribution is -0.135. The van der Waals surface area contributed by atoms with Gasteiger partial charge in [0.25, 0.3) is 5.91 Å². The molecule has 1 amide bonds. The first-order chi connectivity index (χ1) is 16.5. The molecule has 5 nitrogen and oxygen atoms in total. The third-order valence-electron chi connectivity index (χ3n) is 6.41. The van der Waals surface area contributed by atoms with Crippen molar-refractivity contribution < 1.29 is 19.4 Å². The Morgan fingerprint density at radius 1 is 0.912 bits per heavy atom. The number of benzene rings is 4. The van der Waals surface area contributed by atoms with Crippen molar-refractivity contribution in [3.63, 3.8) is 0 Å². The van der Waals surface area contributed by atoms with Gasteiger partial charge in [-0.3, -0.25) is 9.59 Å². The van der Waals surface area contributed by atoms with Crippen LogP contribution in [0.1, 0.15) is 27.9 Å². The lowest BCUT2D eigenvalue weighted by Crippen LogP contribution is -2.43. The highest BCUT2D eigenvalue weighted by Gasteiger charge is 2.50. The zero-order chi connectivity index (χ0) is 23.7. The Labute approximate surface area is 198 Å². The van der Waals surface area contributed by atoms with Crippen molar-refractivity contribution in [1.29, 1.82) is 0 Å². The summed E-state index contributed by atoms with van der Waals surface area (Å²) < 4.78 is 5.89. The van der Waals surface area contributed by atoms with Gasteiger partial charge in [0.15, 0.2) is 11.4 Å². The van der Waals surface area contributed by atoms with Crippen molar-refractivity contribution in [2.24, 2.45) is 0 Å². The van der Waals surface area contributed by atoms with Crippen LogP contribution in [0.4, 0.5) is 5.69 Å². The number of hydrogen-bond acceptors (Lipinski definition) is 4. The Morgan fingerprint density at radius 2 is 1.62 bits per heavy atom. The van der Waals surface area contributed by atoms with Crippen molar-refractivity contribution in [2.75, 3.05) is 18.1 Å². The van der Waals surface area contributed by atoms with Crippen molar-refractivity contribution in [2.45, 2.75) is 18.9 Å². The van der Waals surface area contributed by atoms with Gasteiger partial charge in [-0.15, -0.1) is 0 Å². The van der Waals surface area contributed by atoms with Crippen LogP contribution in [-0.4, -0.2) is 29.9 Å². The molecule has 5 rings (SSSR count). The zero-order valence-corrected chi connectivity index (χ0v) is 18.9. The predicted molar refractivity (Wildman–Crippen MR) is 132 cm³/mol. The molecule has 0 saturated heterocycles. The molecule has 4 aromatic rings. The lowest BCUT2D eigenvalue weighted by Gasteiger charge is -2.23. The van der Waals surface area contributed by atoms with E-state index in [1.807, 2.05) is 73.7 Å². The molecule has 34 heavy (non-hydrogen) atoms. The van der Waals surface area contributed by atoms with Crippen LogP contribution in [0.3, 0.4) is 0 Å². The number of aliphatic hydroxyl groups is 1. The summed E-state index contributed by atoms with van der Waals surface area (Å²) in [5, 5.41) is 13.3. The van der Waals surface area contributed by atoms with Gasteiger partial charge in [0.2, 0.25) is 0 Å². The summed E-state index contributed by atoms with van der Waals surface area (Å²) in [6.07, 6.45) is -0.327. The maximum Gasteiger partial charge on any atom is 0.264 e. The number of hydrogen-bond donors (Lipinski definition) is 1. The third-order valence-corrected chi connectivity index (χ3v) is 6.41. The van der Waals surface area contributed by atoms with Crippen LogP contribution in [0.25, 0.3) is 10.8 Å². The number of anilines is 1. The Hall–Kier alpha value is -3.96. The van der Waals surface area contributed by atoms with Gasteiger partial charge in [-0.2, -0.15) is 0 Å². The molecule has 0 radical (unpaired) electrons. The number of Topliss-reactive ketones (excluding diaryl/α,β-unsaturated/α-hetero) is 1. The summed E-state index contributed by atoms with van der Waals surface area (Å²) in [5.41, 5.74) is 0.636. The van der Waals surface area contributed by atoms with E-state index in [2.05, 4.69) is 0 Å². The normalized spacial score (nSPS) is 17.1. The average molecular weight is 452 g/mol. The summed E-state index contributed by atoms with van der Waals surface area (Å²) in [4.78, 5) is 28.4. The molecule has 0 aromatic heterocycles. The maximum atomic E-state index is 13.5. The number of carbonyl (C=O) groups excluding carboxylic acids is 2. The number of ketones is 1. The molecule has 1 N–H and O–H groups in total. The van der Waals surface area contributed by atoms with Crippen LogP contribution in [-0.2, 0) is 10.4 Å². The van der Waals surface area contributed by atoms with Crippen molar-refractivity contribution >= 4 is 28.2 Å². The van der Waals surface area contributed by atoms with Gasteiger partial charge in [0.05, 0.1) is 18.7 Å². The van der Waals surface area contributed by atoms with Gasteiger partial charge >= 0.3 is 0 Å². The number of ether oxygens (including phenoxy) is 1. The number of rotatable bonds is 7. The first-order valence-corrected chi connectivity index (χ1v) is 11.3. The minimum Gasteiger partial charge on any atom is -0.491 e. The number of amides is 1. The fraction of sp³-hybridized carbons (Fsp3) is 0.172. The van der Waals surface area contributed by atoms with Gasteiger partial charge in [-0.05, 0) is 35.4 Å². The smallest absolute Gasteiger partial charge is 0.264 e. The standard InChI is InChI=1S/C29H25NO4/c1-20-9-2-7-16-27(20)34-18-17-30-25-15-6-5-14-24(25)29(33,28(30)32)19-26(31)23-13-8-11-21-10-3-4-12-22(21)23/h2-16,33H,17-19H2,1H3. The molecule has 1 unspecified atom stereocenters.